The van der Waals surface area contributed by atoms with Crippen LogP contribution in [0.5, 0.6) is 0 Å². The second-order valence-corrected chi connectivity index (χ2v) is 3.18. The van der Waals surface area contributed by atoms with E-state index in [1.54, 1.807) is 13.8 Å². The van der Waals surface area contributed by atoms with Crippen molar-refractivity contribution in [2.24, 2.45) is 0 Å². The largest absolute Gasteiger partial charge is 0.462 e. The van der Waals surface area contributed by atoms with Crippen LogP contribution in [0.2, 0.25) is 0 Å². The third-order valence-corrected chi connectivity index (χ3v) is 1.59. The molecule has 0 aromatic carbocycles. The Morgan fingerprint density at radius 1 is 1.57 bits per heavy atom. The van der Waals surface area contributed by atoms with Crippen molar-refractivity contribution in [1.29, 1.82) is 0 Å². The highest BCUT2D eigenvalue weighted by atomic mass is 16.5. The summed E-state index contributed by atoms with van der Waals surface area (Å²) in [7, 11) is 0. The van der Waals surface area contributed by atoms with Crippen LogP contribution in [0.25, 0.3) is 0 Å². The molecule has 0 aliphatic carbocycles. The van der Waals surface area contributed by atoms with Gasteiger partial charge in [-0.2, -0.15) is 0 Å². The number of urea groups is 1. The minimum Gasteiger partial charge on any atom is -0.462 e. The van der Waals surface area contributed by atoms with Gasteiger partial charge in [0, 0.05) is 0 Å². The molecule has 0 spiro atoms. The third-order valence-electron chi connectivity index (χ3n) is 1.59. The number of nitrogens with one attached hydrogen (secondary N) is 1. The van der Waals surface area contributed by atoms with Crippen LogP contribution in [-0.4, -0.2) is 42.0 Å². The van der Waals surface area contributed by atoms with E-state index in [0.717, 1.165) is 4.90 Å². The molecule has 1 aliphatic rings. The molecule has 14 heavy (non-hydrogen) atoms. The Morgan fingerprint density at radius 3 is 2.64 bits per heavy atom. The van der Waals surface area contributed by atoms with Crippen LogP contribution in [0, 0.1) is 0 Å². The molecule has 0 bridgehead atoms. The van der Waals surface area contributed by atoms with E-state index in [4.69, 9.17) is 4.74 Å². The molecule has 78 valence electrons. The highest BCUT2D eigenvalue weighted by molar-refractivity contribution is 6.04. The lowest BCUT2D eigenvalue weighted by molar-refractivity contribution is -0.150. The topological polar surface area (TPSA) is 75.7 Å². The number of imide groups is 1. The number of hydrogen-bond donors (Lipinski definition) is 1. The fourth-order valence-electron chi connectivity index (χ4n) is 1.04. The van der Waals surface area contributed by atoms with Crippen molar-refractivity contribution >= 4 is 17.9 Å². The van der Waals surface area contributed by atoms with E-state index >= 15 is 0 Å². The summed E-state index contributed by atoms with van der Waals surface area (Å²) in [6.45, 7) is 3.03. The highest BCUT2D eigenvalue weighted by Crippen LogP contribution is 2.00. The van der Waals surface area contributed by atoms with Crippen molar-refractivity contribution in [2.75, 3.05) is 13.1 Å². The maximum Gasteiger partial charge on any atom is 0.326 e. The molecule has 1 aliphatic heterocycles. The normalized spacial score (nSPS) is 16.1. The average Bonchev–Trinajstić information content (AvgIpc) is 2.34. The van der Waals surface area contributed by atoms with Crippen LogP contribution in [-0.2, 0) is 14.3 Å². The monoisotopic (exact) mass is 200 g/mol. The van der Waals surface area contributed by atoms with Crippen molar-refractivity contribution in [2.45, 2.75) is 20.0 Å². The van der Waals surface area contributed by atoms with Crippen LogP contribution in [0.4, 0.5) is 4.79 Å². The molecule has 1 heterocycles. The van der Waals surface area contributed by atoms with Crippen LogP contribution in [0.1, 0.15) is 13.8 Å². The molecule has 0 saturated carbocycles. The maximum absolute atomic E-state index is 11.1. The molecular formula is C8H12N2O4. The first-order valence-electron chi connectivity index (χ1n) is 4.28. The maximum atomic E-state index is 11.1. The van der Waals surface area contributed by atoms with Crippen LogP contribution >= 0.6 is 0 Å². The van der Waals surface area contributed by atoms with Crippen molar-refractivity contribution in [3.63, 3.8) is 0 Å². The number of amides is 3. The predicted octanol–water partition coefficient (Wildman–Crippen LogP) is -0.510. The van der Waals surface area contributed by atoms with E-state index < -0.39 is 17.9 Å². The quantitative estimate of drug-likeness (QED) is 0.491. The van der Waals surface area contributed by atoms with Crippen molar-refractivity contribution in [3.05, 3.63) is 0 Å². The molecule has 6 heteroatoms. The van der Waals surface area contributed by atoms with Gasteiger partial charge >= 0.3 is 12.0 Å². The van der Waals surface area contributed by atoms with Crippen LogP contribution in [0.3, 0.4) is 0 Å². The minimum absolute atomic E-state index is 0.0478. The number of nitrogens with zero attached hydrogens (tertiary/aromatic N) is 1. The van der Waals surface area contributed by atoms with Gasteiger partial charge in [0.05, 0.1) is 12.6 Å². The molecule has 0 radical (unpaired) electrons. The Hall–Kier alpha value is -1.59. The summed E-state index contributed by atoms with van der Waals surface area (Å²) in [5.74, 6) is -0.985. The van der Waals surface area contributed by atoms with Crippen molar-refractivity contribution in [3.8, 4) is 0 Å². The summed E-state index contributed by atoms with van der Waals surface area (Å²) < 4.78 is 4.80. The molecule has 0 atom stereocenters. The van der Waals surface area contributed by atoms with Gasteiger partial charge in [-0.25, -0.2) is 4.79 Å². The van der Waals surface area contributed by atoms with Gasteiger partial charge in [-0.3, -0.25) is 14.5 Å². The Morgan fingerprint density at radius 2 is 2.21 bits per heavy atom. The molecule has 0 aromatic heterocycles. The third kappa shape index (κ3) is 2.45. The molecule has 3 amide bonds. The van der Waals surface area contributed by atoms with E-state index in [1.165, 1.54) is 0 Å². The van der Waals surface area contributed by atoms with Gasteiger partial charge in [-0.1, -0.05) is 0 Å². The summed E-state index contributed by atoms with van der Waals surface area (Å²) in [6.07, 6.45) is -0.247. The second kappa shape index (κ2) is 4.08. The SMILES string of the molecule is CC(C)OC(=O)CN1C(=O)CNC1=O. The summed E-state index contributed by atoms with van der Waals surface area (Å²) in [5.41, 5.74) is 0. The molecule has 1 saturated heterocycles. The van der Waals surface area contributed by atoms with Gasteiger partial charge in [0.2, 0.25) is 0 Å². The Labute approximate surface area is 81.2 Å². The molecule has 1 N–H and O–H groups in total. The van der Waals surface area contributed by atoms with Gasteiger partial charge in [0.1, 0.15) is 6.54 Å². The van der Waals surface area contributed by atoms with Gasteiger partial charge in [-0.05, 0) is 13.8 Å². The van der Waals surface area contributed by atoms with E-state index in [0.29, 0.717) is 0 Å². The van der Waals surface area contributed by atoms with E-state index in [-0.39, 0.29) is 19.2 Å². The van der Waals surface area contributed by atoms with E-state index in [9.17, 15) is 14.4 Å². The van der Waals surface area contributed by atoms with Crippen molar-refractivity contribution in [1.82, 2.24) is 10.2 Å². The molecule has 1 fully saturated rings. The molecule has 0 aromatic rings. The predicted molar refractivity (Wildman–Crippen MR) is 46.3 cm³/mol. The molecule has 0 unspecified atom stereocenters. The summed E-state index contributed by atoms with van der Waals surface area (Å²) in [5, 5.41) is 2.31. The fourth-order valence-corrected chi connectivity index (χ4v) is 1.04. The Kier molecular flexibility index (Phi) is 3.06. The number of ether oxygens (including phenoxy) is 1. The van der Waals surface area contributed by atoms with Gasteiger partial charge in [0.25, 0.3) is 5.91 Å². The highest BCUT2D eigenvalue weighted by Gasteiger charge is 2.30. The Balaban J connectivity index is 2.47. The number of rotatable bonds is 3. The standard InChI is InChI=1S/C8H12N2O4/c1-5(2)14-7(12)4-10-6(11)3-9-8(10)13/h5H,3-4H2,1-2H3,(H,9,13). The van der Waals surface area contributed by atoms with Gasteiger partial charge in [-0.15, -0.1) is 0 Å². The smallest absolute Gasteiger partial charge is 0.326 e. The number of carbonyl (C=O) groups is 3. The Bertz CT molecular complexity index is 259. The van der Waals surface area contributed by atoms with Crippen LogP contribution in [0.15, 0.2) is 0 Å². The van der Waals surface area contributed by atoms with E-state index in [2.05, 4.69) is 5.32 Å². The zero-order valence-electron chi connectivity index (χ0n) is 8.07. The minimum atomic E-state index is -0.578. The number of hydrogen-bond acceptors (Lipinski definition) is 4. The van der Waals surface area contributed by atoms with Crippen molar-refractivity contribution < 1.29 is 19.1 Å². The molecule has 6 nitrogen and oxygen atoms in total. The van der Waals surface area contributed by atoms with Gasteiger partial charge < -0.3 is 10.1 Å². The first kappa shape index (κ1) is 10.5. The lowest BCUT2D eigenvalue weighted by Gasteiger charge is -2.13. The fraction of sp³-hybridized carbons (Fsp3) is 0.625. The zero-order chi connectivity index (χ0) is 10.7. The lowest BCUT2D eigenvalue weighted by Crippen LogP contribution is -2.37. The zero-order valence-corrected chi connectivity index (χ0v) is 8.07. The molecular weight excluding hydrogens is 188 g/mol. The van der Waals surface area contributed by atoms with Gasteiger partial charge in [0.15, 0.2) is 0 Å². The van der Waals surface area contributed by atoms with Crippen LogP contribution < -0.4 is 5.32 Å². The summed E-state index contributed by atoms with van der Waals surface area (Å²) >= 11 is 0. The number of esters is 1. The molecule has 1 rings (SSSR count). The van der Waals surface area contributed by atoms with E-state index in [1.807, 2.05) is 0 Å². The second-order valence-electron chi connectivity index (χ2n) is 3.18. The average molecular weight is 200 g/mol. The first-order chi connectivity index (χ1) is 6.50. The summed E-state index contributed by atoms with van der Waals surface area (Å²) in [6, 6.07) is -0.546. The summed E-state index contributed by atoms with van der Waals surface area (Å²) in [4.78, 5) is 34.0. The number of carbonyl (C=O) groups excluding carboxylic acids is 3. The lowest BCUT2D eigenvalue weighted by atomic mass is 10.4. The first-order valence-corrected chi connectivity index (χ1v) is 4.28.